The van der Waals surface area contributed by atoms with Crippen LogP contribution >= 0.6 is 0 Å². The zero-order valence-corrected chi connectivity index (χ0v) is 17.3. The molecule has 3 aromatic rings. The van der Waals surface area contributed by atoms with E-state index in [2.05, 4.69) is 35.1 Å². The third-order valence-electron chi connectivity index (χ3n) is 6.11. The minimum Gasteiger partial charge on any atom is -0.353 e. The van der Waals surface area contributed by atoms with E-state index in [9.17, 15) is 9.59 Å². The smallest absolute Gasteiger partial charge is 0.254 e. The Morgan fingerprint density at radius 2 is 1.76 bits per heavy atom. The third kappa shape index (κ3) is 3.11. The van der Waals surface area contributed by atoms with Crippen molar-refractivity contribution in [3.05, 3.63) is 71.4 Å². The van der Waals surface area contributed by atoms with Gasteiger partial charge in [0.1, 0.15) is 0 Å². The van der Waals surface area contributed by atoms with Crippen LogP contribution < -0.4 is 5.32 Å². The first-order chi connectivity index (χ1) is 13.9. The number of aryl methyl sites for hydroxylation is 1. The van der Waals surface area contributed by atoms with Crippen molar-refractivity contribution >= 4 is 22.7 Å². The first kappa shape index (κ1) is 19.2. The number of likely N-dealkylation sites (N-methyl/N-ethyl adjacent to an activating group) is 1. The molecule has 0 saturated carbocycles. The number of amides is 2. The first-order valence-corrected chi connectivity index (χ1v) is 10.1. The van der Waals surface area contributed by atoms with Crippen molar-refractivity contribution in [2.45, 2.75) is 38.3 Å². The van der Waals surface area contributed by atoms with Crippen LogP contribution in [0, 0.1) is 0 Å². The summed E-state index contributed by atoms with van der Waals surface area (Å²) in [5.41, 5.74) is 3.49. The Morgan fingerprint density at radius 1 is 1.07 bits per heavy atom. The Bertz CT molecular complexity index is 1080. The SMILES string of the molecule is CCC(C)NC(=O)[C@H]1c2ccccc2C(=O)N(C)[C@@H]1c1cn(C)c2ccccc12. The van der Waals surface area contributed by atoms with E-state index in [1.807, 2.05) is 50.4 Å². The Kier molecular flexibility index (Phi) is 4.91. The molecule has 0 saturated heterocycles. The fourth-order valence-electron chi connectivity index (χ4n) is 4.39. The summed E-state index contributed by atoms with van der Waals surface area (Å²) in [6.07, 6.45) is 2.91. The van der Waals surface area contributed by atoms with Gasteiger partial charge in [-0.2, -0.15) is 0 Å². The highest BCUT2D eigenvalue weighted by Gasteiger charge is 2.43. The van der Waals surface area contributed by atoms with Gasteiger partial charge in [-0.15, -0.1) is 0 Å². The zero-order valence-electron chi connectivity index (χ0n) is 17.3. The highest BCUT2D eigenvalue weighted by molar-refractivity contribution is 6.02. The maximum absolute atomic E-state index is 13.5. The van der Waals surface area contributed by atoms with E-state index < -0.39 is 5.92 Å². The minimum atomic E-state index is -0.464. The summed E-state index contributed by atoms with van der Waals surface area (Å²) in [5, 5.41) is 4.22. The standard InChI is InChI=1S/C24H27N3O2/c1-5-15(2)25-23(28)21-17-11-6-7-12-18(17)24(29)27(4)22(21)19-14-26(3)20-13-9-8-10-16(19)20/h6-15,21-22H,5H2,1-4H3,(H,25,28)/t15?,21-,22+/m0/s1. The molecule has 5 heteroatoms. The van der Waals surface area contributed by atoms with Gasteiger partial charge in [0, 0.05) is 48.4 Å². The lowest BCUT2D eigenvalue weighted by Gasteiger charge is -2.39. The summed E-state index contributed by atoms with van der Waals surface area (Å²) in [7, 11) is 3.80. The molecule has 5 nitrogen and oxygen atoms in total. The lowest BCUT2D eigenvalue weighted by Crippen LogP contribution is -2.47. The lowest BCUT2D eigenvalue weighted by atomic mass is 9.79. The molecule has 0 aliphatic carbocycles. The van der Waals surface area contributed by atoms with Crippen molar-refractivity contribution in [3.8, 4) is 0 Å². The molecule has 1 aliphatic rings. The van der Waals surface area contributed by atoms with Gasteiger partial charge in [-0.3, -0.25) is 9.59 Å². The van der Waals surface area contributed by atoms with Crippen LogP contribution in [0.4, 0.5) is 0 Å². The van der Waals surface area contributed by atoms with Gasteiger partial charge in [-0.05, 0) is 31.0 Å². The van der Waals surface area contributed by atoms with Crippen molar-refractivity contribution in [3.63, 3.8) is 0 Å². The molecule has 3 atom stereocenters. The van der Waals surface area contributed by atoms with Crippen LogP contribution in [0.15, 0.2) is 54.7 Å². The van der Waals surface area contributed by atoms with Crippen molar-refractivity contribution in [2.24, 2.45) is 7.05 Å². The van der Waals surface area contributed by atoms with Gasteiger partial charge in [0.05, 0.1) is 12.0 Å². The van der Waals surface area contributed by atoms with Crippen LogP contribution in [0.25, 0.3) is 10.9 Å². The number of fused-ring (bicyclic) bond motifs is 2. The highest BCUT2D eigenvalue weighted by atomic mass is 16.2. The molecule has 0 fully saturated rings. The second kappa shape index (κ2) is 7.39. The summed E-state index contributed by atoms with van der Waals surface area (Å²) in [5.74, 6) is -0.552. The molecule has 0 spiro atoms. The second-order valence-electron chi connectivity index (χ2n) is 7.96. The fourth-order valence-corrected chi connectivity index (χ4v) is 4.39. The lowest BCUT2D eigenvalue weighted by molar-refractivity contribution is -0.124. The molecule has 4 rings (SSSR count). The van der Waals surface area contributed by atoms with Gasteiger partial charge < -0.3 is 14.8 Å². The third-order valence-corrected chi connectivity index (χ3v) is 6.11. The number of benzene rings is 2. The van der Waals surface area contributed by atoms with Crippen molar-refractivity contribution in [2.75, 3.05) is 7.05 Å². The van der Waals surface area contributed by atoms with E-state index in [-0.39, 0.29) is 23.9 Å². The van der Waals surface area contributed by atoms with Crippen LogP contribution in [-0.2, 0) is 11.8 Å². The molecule has 29 heavy (non-hydrogen) atoms. The molecule has 0 bridgehead atoms. The topological polar surface area (TPSA) is 54.3 Å². The van der Waals surface area contributed by atoms with Crippen molar-refractivity contribution in [1.29, 1.82) is 0 Å². The normalized spacial score (nSPS) is 19.9. The van der Waals surface area contributed by atoms with Gasteiger partial charge in [0.15, 0.2) is 0 Å². The Morgan fingerprint density at radius 3 is 2.52 bits per heavy atom. The van der Waals surface area contributed by atoms with Crippen LogP contribution in [0.5, 0.6) is 0 Å². The number of rotatable bonds is 4. The first-order valence-electron chi connectivity index (χ1n) is 10.1. The molecule has 2 aromatic carbocycles. The maximum atomic E-state index is 13.5. The van der Waals surface area contributed by atoms with Crippen molar-refractivity contribution in [1.82, 2.24) is 14.8 Å². The van der Waals surface area contributed by atoms with Gasteiger partial charge in [0.2, 0.25) is 5.91 Å². The maximum Gasteiger partial charge on any atom is 0.254 e. The Hall–Kier alpha value is -3.08. The summed E-state index contributed by atoms with van der Waals surface area (Å²) in [4.78, 5) is 28.4. The minimum absolute atomic E-state index is 0.0379. The van der Waals surface area contributed by atoms with Crippen molar-refractivity contribution < 1.29 is 9.59 Å². The molecule has 2 amide bonds. The molecule has 0 radical (unpaired) electrons. The molecule has 1 aliphatic heterocycles. The molecule has 1 unspecified atom stereocenters. The predicted molar refractivity (Wildman–Crippen MR) is 115 cm³/mol. The van der Waals surface area contributed by atoms with Crippen LogP contribution in [0.1, 0.15) is 53.7 Å². The number of hydrogen-bond donors (Lipinski definition) is 1. The quantitative estimate of drug-likeness (QED) is 0.733. The molecular formula is C24H27N3O2. The second-order valence-corrected chi connectivity index (χ2v) is 7.96. The average Bonchev–Trinajstić information content (AvgIpc) is 3.06. The Balaban J connectivity index is 1.92. The number of carbonyl (C=O) groups is 2. The van der Waals surface area contributed by atoms with E-state index in [0.717, 1.165) is 28.5 Å². The number of hydrogen-bond acceptors (Lipinski definition) is 2. The van der Waals surface area contributed by atoms with E-state index in [1.165, 1.54) is 0 Å². The predicted octanol–water partition coefficient (Wildman–Crippen LogP) is 4.00. The summed E-state index contributed by atoms with van der Waals surface area (Å²) in [6.45, 7) is 4.06. The fraction of sp³-hybridized carbons (Fsp3) is 0.333. The summed E-state index contributed by atoms with van der Waals surface area (Å²) in [6, 6.07) is 15.3. The molecule has 1 N–H and O–H groups in total. The highest BCUT2D eigenvalue weighted by Crippen LogP contribution is 2.44. The van der Waals surface area contributed by atoms with E-state index in [0.29, 0.717) is 5.56 Å². The van der Waals surface area contributed by atoms with Gasteiger partial charge >= 0.3 is 0 Å². The number of para-hydroxylation sites is 1. The number of carbonyl (C=O) groups excluding carboxylic acids is 2. The van der Waals surface area contributed by atoms with Gasteiger partial charge in [-0.1, -0.05) is 43.3 Å². The molecular weight excluding hydrogens is 362 g/mol. The molecule has 1 aromatic heterocycles. The van der Waals surface area contributed by atoms with E-state index in [1.54, 1.807) is 11.9 Å². The van der Waals surface area contributed by atoms with Gasteiger partial charge in [-0.25, -0.2) is 0 Å². The van der Waals surface area contributed by atoms with Crippen LogP contribution in [0.3, 0.4) is 0 Å². The zero-order chi connectivity index (χ0) is 20.7. The summed E-state index contributed by atoms with van der Waals surface area (Å²) < 4.78 is 2.06. The monoisotopic (exact) mass is 389 g/mol. The molecule has 150 valence electrons. The molecule has 2 heterocycles. The number of nitrogens with one attached hydrogen (secondary N) is 1. The van der Waals surface area contributed by atoms with E-state index in [4.69, 9.17) is 0 Å². The average molecular weight is 389 g/mol. The Labute approximate surface area is 171 Å². The summed E-state index contributed by atoms with van der Waals surface area (Å²) >= 11 is 0. The number of aromatic nitrogens is 1. The number of nitrogens with zero attached hydrogens (tertiary/aromatic N) is 2. The van der Waals surface area contributed by atoms with Gasteiger partial charge in [0.25, 0.3) is 5.91 Å². The van der Waals surface area contributed by atoms with Crippen LogP contribution in [0.2, 0.25) is 0 Å². The largest absolute Gasteiger partial charge is 0.353 e. The van der Waals surface area contributed by atoms with E-state index >= 15 is 0 Å². The van der Waals surface area contributed by atoms with Crippen LogP contribution in [-0.4, -0.2) is 34.4 Å².